The number of carbonyl (C=O) groups excluding carboxylic acids is 2. The van der Waals surface area contributed by atoms with Gasteiger partial charge in [-0.1, -0.05) is 0 Å². The lowest BCUT2D eigenvalue weighted by molar-refractivity contribution is -0.677. The van der Waals surface area contributed by atoms with E-state index >= 15 is 0 Å². The van der Waals surface area contributed by atoms with Crippen LogP contribution < -0.4 is 14.8 Å². The highest BCUT2D eigenvalue weighted by Crippen LogP contribution is 2.31. The van der Waals surface area contributed by atoms with E-state index in [0.717, 1.165) is 52.2 Å². The molecule has 2 amide bonds. The maximum Gasteiger partial charge on any atom is 0.258 e. The number of carbonyl (C=O) groups is 2. The Kier molecular flexibility index (Phi) is 8.59. The lowest BCUT2D eigenvalue weighted by Crippen LogP contribution is -2.52. The molecule has 5 aromatic rings. The number of pyridine rings is 1. The monoisotopic (exact) mass is 646 g/mol. The summed E-state index contributed by atoms with van der Waals surface area (Å²) >= 11 is 0. The average Bonchev–Trinajstić information content (AvgIpc) is 3.75. The first-order chi connectivity index (χ1) is 23.3. The Morgan fingerprint density at radius 3 is 2.48 bits per heavy atom. The number of fused-ring (bicyclic) bond motifs is 1. The molecule has 2 N–H and O–H groups in total. The van der Waals surface area contributed by atoms with Gasteiger partial charge in [0.25, 0.3) is 5.91 Å². The largest absolute Gasteiger partial charge is 0.368 e. The molecule has 2 aromatic carbocycles. The molecular formula is C36H40N9O3+. The topological polar surface area (TPSA) is 123 Å². The van der Waals surface area contributed by atoms with Crippen molar-refractivity contribution in [2.45, 2.75) is 18.9 Å². The molecule has 1 atom stereocenters. The molecule has 0 bridgehead atoms. The summed E-state index contributed by atoms with van der Waals surface area (Å²) in [5.74, 6) is 0.556. The van der Waals surface area contributed by atoms with E-state index in [4.69, 9.17) is 4.74 Å². The number of aryl methyl sites for hydroxylation is 2. The lowest BCUT2D eigenvalue weighted by atomic mass is 10.0. The fourth-order valence-electron chi connectivity index (χ4n) is 6.60. The van der Waals surface area contributed by atoms with Crippen molar-refractivity contribution in [2.24, 2.45) is 7.05 Å². The van der Waals surface area contributed by atoms with Gasteiger partial charge in [0.05, 0.1) is 12.1 Å². The predicted octanol–water partition coefficient (Wildman–Crippen LogP) is 3.20. The van der Waals surface area contributed by atoms with Crippen molar-refractivity contribution in [3.05, 3.63) is 84.9 Å². The summed E-state index contributed by atoms with van der Waals surface area (Å²) < 4.78 is 7.92. The fourth-order valence-corrected chi connectivity index (χ4v) is 6.60. The number of aromatic amines is 1. The molecule has 48 heavy (non-hydrogen) atoms. The molecule has 12 nitrogen and oxygen atoms in total. The molecular weight excluding hydrogens is 606 g/mol. The van der Waals surface area contributed by atoms with Crippen LogP contribution in [0.25, 0.3) is 33.5 Å². The van der Waals surface area contributed by atoms with Gasteiger partial charge in [-0.2, -0.15) is 5.10 Å². The highest BCUT2D eigenvalue weighted by molar-refractivity contribution is 6.01. The maximum absolute atomic E-state index is 13.7. The molecule has 7 rings (SSSR count). The van der Waals surface area contributed by atoms with Gasteiger partial charge < -0.3 is 19.9 Å². The van der Waals surface area contributed by atoms with Crippen LogP contribution in [0.5, 0.6) is 0 Å². The summed E-state index contributed by atoms with van der Waals surface area (Å²) in [6, 6.07) is 19.9. The first-order valence-corrected chi connectivity index (χ1v) is 16.3. The number of likely N-dealkylation sites (tertiary alicyclic amines) is 1. The molecule has 0 saturated carbocycles. The zero-order chi connectivity index (χ0) is 33.3. The van der Waals surface area contributed by atoms with Gasteiger partial charge in [0, 0.05) is 106 Å². The number of methoxy groups -OCH3 is 1. The van der Waals surface area contributed by atoms with E-state index < -0.39 is 5.60 Å². The van der Waals surface area contributed by atoms with E-state index in [1.54, 1.807) is 25.6 Å². The number of hydrogen-bond acceptors (Lipinski definition) is 8. The molecule has 0 spiro atoms. The molecule has 3 aromatic heterocycles. The quantitative estimate of drug-likeness (QED) is 0.247. The standard InChI is InChI=1S/C36H39N9O3/c1-25-21-27(11-15-42(25)2)33-30-22-28(7-10-31(30)40-41-33)39-35(47)36(48-3)12-16-43(24-36)23-32(46)45-19-17-44(18-20-45)29-8-5-26(6-9-29)34-37-13-4-14-38-34/h4-11,13-15,21-22H,12,16-20,23-24H2,1-3H3,(H,39,41,47)/p+1/t36-/m0/s1. The molecule has 2 fully saturated rings. The van der Waals surface area contributed by atoms with Crippen LogP contribution in [0.2, 0.25) is 0 Å². The van der Waals surface area contributed by atoms with Gasteiger partial charge in [-0.25, -0.2) is 14.5 Å². The summed E-state index contributed by atoms with van der Waals surface area (Å²) in [6.45, 7) is 6.04. The van der Waals surface area contributed by atoms with Gasteiger partial charge in [0.2, 0.25) is 5.91 Å². The van der Waals surface area contributed by atoms with Crippen molar-refractivity contribution in [2.75, 3.05) is 63.1 Å². The number of rotatable bonds is 8. The van der Waals surface area contributed by atoms with Crippen LogP contribution >= 0.6 is 0 Å². The van der Waals surface area contributed by atoms with Crippen LogP contribution in [0.1, 0.15) is 12.1 Å². The number of nitrogens with one attached hydrogen (secondary N) is 2. The minimum Gasteiger partial charge on any atom is -0.368 e. The summed E-state index contributed by atoms with van der Waals surface area (Å²) in [6.07, 6.45) is 5.99. The highest BCUT2D eigenvalue weighted by atomic mass is 16.5. The smallest absolute Gasteiger partial charge is 0.258 e. The van der Waals surface area contributed by atoms with Gasteiger partial charge in [-0.3, -0.25) is 19.6 Å². The van der Waals surface area contributed by atoms with Crippen LogP contribution in [0.3, 0.4) is 0 Å². The highest BCUT2D eigenvalue weighted by Gasteiger charge is 2.45. The van der Waals surface area contributed by atoms with Gasteiger partial charge in [0.1, 0.15) is 12.7 Å². The van der Waals surface area contributed by atoms with Gasteiger partial charge in [0.15, 0.2) is 23.3 Å². The lowest BCUT2D eigenvalue weighted by Gasteiger charge is -2.37. The number of aromatic nitrogens is 5. The maximum atomic E-state index is 13.7. The second-order valence-electron chi connectivity index (χ2n) is 12.6. The Balaban J connectivity index is 0.944. The Bertz CT molecular complexity index is 1940. The van der Waals surface area contributed by atoms with Crippen molar-refractivity contribution in [3.8, 4) is 22.6 Å². The molecule has 0 unspecified atom stereocenters. The van der Waals surface area contributed by atoms with Crippen molar-refractivity contribution < 1.29 is 18.9 Å². The Morgan fingerprint density at radius 2 is 1.75 bits per heavy atom. The molecule has 2 saturated heterocycles. The minimum absolute atomic E-state index is 0.0706. The molecule has 2 aliphatic rings. The first kappa shape index (κ1) is 31.4. The van der Waals surface area contributed by atoms with Crippen LogP contribution in [0.15, 0.2) is 79.3 Å². The Hall–Kier alpha value is -5.20. The number of H-pyrrole nitrogens is 1. The number of amides is 2. The van der Waals surface area contributed by atoms with Gasteiger partial charge in [-0.05, 0) is 55.0 Å². The molecule has 5 heterocycles. The summed E-state index contributed by atoms with van der Waals surface area (Å²) in [5, 5.41) is 11.7. The van der Waals surface area contributed by atoms with Crippen molar-refractivity contribution >= 4 is 34.1 Å². The van der Waals surface area contributed by atoms with Crippen molar-refractivity contribution in [1.82, 2.24) is 30.0 Å². The zero-order valence-corrected chi connectivity index (χ0v) is 27.5. The molecule has 12 heteroatoms. The fraction of sp³-hybridized carbons (Fsp3) is 0.333. The zero-order valence-electron chi connectivity index (χ0n) is 27.5. The summed E-state index contributed by atoms with van der Waals surface area (Å²) in [7, 11) is 3.57. The number of nitrogens with zero attached hydrogens (tertiary/aromatic N) is 7. The normalized spacial score (nSPS) is 18.4. The minimum atomic E-state index is -1.05. The third kappa shape index (κ3) is 6.24. The van der Waals surface area contributed by atoms with E-state index in [9.17, 15) is 9.59 Å². The van der Waals surface area contributed by atoms with Crippen LogP contribution in [0, 0.1) is 6.92 Å². The van der Waals surface area contributed by atoms with Gasteiger partial charge >= 0.3 is 0 Å². The predicted molar refractivity (Wildman–Crippen MR) is 183 cm³/mol. The summed E-state index contributed by atoms with van der Waals surface area (Å²) in [4.78, 5) is 41.9. The van der Waals surface area contributed by atoms with Crippen molar-refractivity contribution in [1.29, 1.82) is 0 Å². The van der Waals surface area contributed by atoms with Crippen LogP contribution in [-0.2, 0) is 21.4 Å². The second-order valence-corrected chi connectivity index (χ2v) is 12.6. The van der Waals surface area contributed by atoms with E-state index in [0.29, 0.717) is 44.1 Å². The first-order valence-electron chi connectivity index (χ1n) is 16.3. The SMILES string of the molecule is CO[C@@]1(C(=O)Nc2ccc3[nH]nc(-c4cc[n+](C)c(C)c4)c3c2)CCN(CC(=O)N2CCN(c3ccc(-c4ncccn4)cc3)CC2)C1. The number of hydrogen-bond donors (Lipinski definition) is 2. The molecule has 2 aliphatic heterocycles. The van der Waals surface area contributed by atoms with E-state index in [2.05, 4.69) is 60.1 Å². The molecule has 246 valence electrons. The van der Waals surface area contributed by atoms with Gasteiger partial charge in [-0.15, -0.1) is 0 Å². The number of anilines is 2. The third-order valence-electron chi connectivity index (χ3n) is 9.66. The summed E-state index contributed by atoms with van der Waals surface area (Å²) in [5.41, 5.74) is 5.54. The van der Waals surface area contributed by atoms with E-state index in [1.165, 1.54) is 0 Å². The Morgan fingerprint density at radius 1 is 0.979 bits per heavy atom. The second kappa shape index (κ2) is 13.1. The van der Waals surface area contributed by atoms with Crippen LogP contribution in [-0.4, -0.2) is 100 Å². The Labute approximate surface area is 279 Å². The van der Waals surface area contributed by atoms with Crippen molar-refractivity contribution in [3.63, 3.8) is 0 Å². The van der Waals surface area contributed by atoms with E-state index in [1.807, 2.05) is 59.4 Å². The number of piperazine rings is 1. The molecule has 0 radical (unpaired) electrons. The van der Waals surface area contributed by atoms with Crippen LogP contribution in [0.4, 0.5) is 11.4 Å². The average molecular weight is 647 g/mol. The number of ether oxygens (including phenoxy) is 1. The van der Waals surface area contributed by atoms with E-state index in [-0.39, 0.29) is 18.4 Å². The molecule has 0 aliphatic carbocycles. The third-order valence-corrected chi connectivity index (χ3v) is 9.66. The number of benzene rings is 2.